The Balaban J connectivity index is 1.68. The molecule has 20 heavy (non-hydrogen) atoms. The van der Waals surface area contributed by atoms with E-state index in [1.54, 1.807) is 11.3 Å². The summed E-state index contributed by atoms with van der Waals surface area (Å²) in [5.41, 5.74) is 2.85. The Labute approximate surface area is 121 Å². The molecule has 3 aromatic rings. The Morgan fingerprint density at radius 1 is 1.45 bits per heavy atom. The quantitative estimate of drug-likeness (QED) is 0.800. The molecule has 4 nitrogen and oxygen atoms in total. The summed E-state index contributed by atoms with van der Waals surface area (Å²) in [6.07, 6.45) is 5.10. The molecule has 102 valence electrons. The molecule has 0 fully saturated rings. The Bertz CT molecular complexity index is 716. The van der Waals surface area contributed by atoms with Crippen LogP contribution in [-0.2, 0) is 17.6 Å². The van der Waals surface area contributed by atoms with Gasteiger partial charge in [-0.25, -0.2) is 4.98 Å². The second-order valence-corrected chi connectivity index (χ2v) is 5.48. The second-order valence-electron chi connectivity index (χ2n) is 4.60. The van der Waals surface area contributed by atoms with Crippen LogP contribution in [0.5, 0.6) is 0 Å². The average molecular weight is 285 g/mol. The van der Waals surface area contributed by atoms with Gasteiger partial charge in [0.2, 0.25) is 5.91 Å². The largest absolute Gasteiger partial charge is 0.326 e. The van der Waals surface area contributed by atoms with Crippen molar-refractivity contribution in [2.24, 2.45) is 0 Å². The zero-order valence-electron chi connectivity index (χ0n) is 11.2. The number of anilines is 1. The molecule has 0 atom stereocenters. The van der Waals surface area contributed by atoms with Gasteiger partial charge in [0.15, 0.2) is 4.96 Å². The van der Waals surface area contributed by atoms with Gasteiger partial charge in [-0.2, -0.15) is 0 Å². The first-order chi connectivity index (χ1) is 9.74. The predicted octanol–water partition coefficient (Wildman–Crippen LogP) is 3.14. The summed E-state index contributed by atoms with van der Waals surface area (Å²) in [5.74, 6) is -0.0380. The van der Waals surface area contributed by atoms with E-state index in [4.69, 9.17) is 0 Å². The lowest BCUT2D eigenvalue weighted by molar-refractivity contribution is -0.115. The smallest absolute Gasteiger partial charge is 0.230 e. The number of rotatable bonds is 4. The van der Waals surface area contributed by atoms with Gasteiger partial charge in [0, 0.05) is 23.5 Å². The van der Waals surface area contributed by atoms with E-state index in [9.17, 15) is 4.79 Å². The van der Waals surface area contributed by atoms with Crippen molar-refractivity contribution in [2.75, 3.05) is 5.32 Å². The second kappa shape index (κ2) is 5.46. The molecule has 0 spiro atoms. The van der Waals surface area contributed by atoms with Crippen molar-refractivity contribution in [1.82, 2.24) is 9.38 Å². The van der Waals surface area contributed by atoms with Gasteiger partial charge in [0.25, 0.3) is 0 Å². The molecule has 3 rings (SSSR count). The van der Waals surface area contributed by atoms with Gasteiger partial charge in [0.05, 0.1) is 12.1 Å². The van der Waals surface area contributed by atoms with Gasteiger partial charge in [-0.15, -0.1) is 11.3 Å². The number of carbonyl (C=O) groups excluding carboxylic acids is 1. The monoisotopic (exact) mass is 285 g/mol. The summed E-state index contributed by atoms with van der Waals surface area (Å²) in [6, 6.07) is 7.92. The minimum atomic E-state index is -0.0380. The molecule has 0 radical (unpaired) electrons. The standard InChI is InChI=1S/C15H15N3OS/c1-2-11-4-3-5-12(8-11)16-14(19)9-13-10-18-6-7-20-15(18)17-13/h3-8,10H,2,9H2,1H3,(H,16,19). The van der Waals surface area contributed by atoms with Crippen LogP contribution in [0.2, 0.25) is 0 Å². The molecule has 0 aliphatic carbocycles. The van der Waals surface area contributed by atoms with Gasteiger partial charge >= 0.3 is 0 Å². The van der Waals surface area contributed by atoms with E-state index in [1.165, 1.54) is 5.56 Å². The van der Waals surface area contributed by atoms with E-state index in [1.807, 2.05) is 40.4 Å². The molecule has 0 bridgehead atoms. The van der Waals surface area contributed by atoms with Gasteiger partial charge < -0.3 is 5.32 Å². The highest BCUT2D eigenvalue weighted by Gasteiger charge is 2.08. The normalized spacial score (nSPS) is 10.8. The summed E-state index contributed by atoms with van der Waals surface area (Å²) in [5, 5.41) is 4.89. The number of amides is 1. The molecule has 0 saturated carbocycles. The van der Waals surface area contributed by atoms with Crippen LogP contribution in [0.3, 0.4) is 0 Å². The zero-order valence-corrected chi connectivity index (χ0v) is 12.0. The summed E-state index contributed by atoms with van der Waals surface area (Å²) in [6.45, 7) is 2.10. The summed E-state index contributed by atoms with van der Waals surface area (Å²) in [7, 11) is 0. The highest BCUT2D eigenvalue weighted by Crippen LogP contribution is 2.14. The first-order valence-corrected chi connectivity index (χ1v) is 7.42. The summed E-state index contributed by atoms with van der Waals surface area (Å²) in [4.78, 5) is 17.3. The number of nitrogens with one attached hydrogen (secondary N) is 1. The maximum absolute atomic E-state index is 12.0. The van der Waals surface area contributed by atoms with Gasteiger partial charge in [-0.3, -0.25) is 9.20 Å². The van der Waals surface area contributed by atoms with E-state index in [2.05, 4.69) is 23.3 Å². The van der Waals surface area contributed by atoms with Crippen LogP contribution in [-0.4, -0.2) is 15.3 Å². The maximum atomic E-state index is 12.0. The Morgan fingerprint density at radius 2 is 2.35 bits per heavy atom. The van der Waals surface area contributed by atoms with E-state index in [-0.39, 0.29) is 5.91 Å². The third-order valence-corrected chi connectivity index (χ3v) is 3.87. The topological polar surface area (TPSA) is 46.4 Å². The highest BCUT2D eigenvalue weighted by atomic mass is 32.1. The van der Waals surface area contributed by atoms with Gasteiger partial charge in [-0.05, 0) is 24.1 Å². The van der Waals surface area contributed by atoms with Gasteiger partial charge in [-0.1, -0.05) is 19.1 Å². The molecule has 0 aliphatic heterocycles. The molecule has 0 aliphatic rings. The number of aryl methyl sites for hydroxylation is 1. The molecule has 0 saturated heterocycles. The molecule has 0 unspecified atom stereocenters. The van der Waals surface area contributed by atoms with Crippen molar-refractivity contribution in [3.05, 3.63) is 53.3 Å². The third-order valence-electron chi connectivity index (χ3n) is 3.10. The maximum Gasteiger partial charge on any atom is 0.230 e. The number of nitrogens with zero attached hydrogens (tertiary/aromatic N) is 2. The van der Waals surface area contributed by atoms with Crippen molar-refractivity contribution >= 4 is 27.9 Å². The molecular weight excluding hydrogens is 270 g/mol. The third kappa shape index (κ3) is 2.72. The lowest BCUT2D eigenvalue weighted by Crippen LogP contribution is -2.14. The number of benzene rings is 1. The van der Waals surface area contributed by atoms with Crippen LogP contribution in [0.1, 0.15) is 18.2 Å². The molecule has 2 aromatic heterocycles. The van der Waals surface area contributed by atoms with Crippen molar-refractivity contribution in [2.45, 2.75) is 19.8 Å². The van der Waals surface area contributed by atoms with Crippen LogP contribution < -0.4 is 5.32 Å². The molecule has 1 N–H and O–H groups in total. The summed E-state index contributed by atoms with van der Waals surface area (Å²) >= 11 is 1.56. The van der Waals surface area contributed by atoms with Crippen molar-refractivity contribution in [3.8, 4) is 0 Å². The van der Waals surface area contributed by atoms with Crippen molar-refractivity contribution in [3.63, 3.8) is 0 Å². The Kier molecular flexibility index (Phi) is 3.52. The van der Waals surface area contributed by atoms with Crippen LogP contribution >= 0.6 is 11.3 Å². The fourth-order valence-electron chi connectivity index (χ4n) is 2.10. The fourth-order valence-corrected chi connectivity index (χ4v) is 2.82. The number of carbonyl (C=O) groups is 1. The molecule has 1 amide bonds. The van der Waals surface area contributed by atoms with Crippen molar-refractivity contribution < 1.29 is 4.79 Å². The van der Waals surface area contributed by atoms with Crippen LogP contribution in [0, 0.1) is 0 Å². The lowest BCUT2D eigenvalue weighted by Gasteiger charge is -2.05. The Hall–Kier alpha value is -2.14. The number of fused-ring (bicyclic) bond motifs is 1. The number of aromatic nitrogens is 2. The first-order valence-electron chi connectivity index (χ1n) is 6.54. The minimum absolute atomic E-state index is 0.0380. The van der Waals surface area contributed by atoms with Crippen molar-refractivity contribution in [1.29, 1.82) is 0 Å². The van der Waals surface area contributed by atoms with E-state index in [0.29, 0.717) is 6.42 Å². The van der Waals surface area contributed by atoms with E-state index >= 15 is 0 Å². The minimum Gasteiger partial charge on any atom is -0.326 e. The molecule has 1 aromatic carbocycles. The van der Waals surface area contributed by atoms with Gasteiger partial charge in [0.1, 0.15) is 0 Å². The molecule has 5 heteroatoms. The number of hydrogen-bond donors (Lipinski definition) is 1. The SMILES string of the molecule is CCc1cccc(NC(=O)Cc2cn3ccsc3n2)c1. The van der Waals surface area contributed by atoms with E-state index in [0.717, 1.165) is 22.8 Å². The molecular formula is C15H15N3OS. The highest BCUT2D eigenvalue weighted by molar-refractivity contribution is 7.15. The fraction of sp³-hybridized carbons (Fsp3) is 0.200. The average Bonchev–Trinajstić information content (AvgIpc) is 2.99. The first kappa shape index (κ1) is 12.9. The Morgan fingerprint density at radius 3 is 3.15 bits per heavy atom. The molecule has 2 heterocycles. The predicted molar refractivity (Wildman–Crippen MR) is 81.2 cm³/mol. The number of thiazole rings is 1. The lowest BCUT2D eigenvalue weighted by atomic mass is 10.1. The van der Waals surface area contributed by atoms with Crippen LogP contribution in [0.15, 0.2) is 42.0 Å². The van der Waals surface area contributed by atoms with Crippen LogP contribution in [0.4, 0.5) is 5.69 Å². The number of hydrogen-bond acceptors (Lipinski definition) is 3. The zero-order chi connectivity index (χ0) is 13.9. The van der Waals surface area contributed by atoms with E-state index < -0.39 is 0 Å². The summed E-state index contributed by atoms with van der Waals surface area (Å²) < 4.78 is 1.94. The van der Waals surface area contributed by atoms with Crippen LogP contribution in [0.25, 0.3) is 4.96 Å². The number of imidazole rings is 1.